The molecule has 0 bridgehead atoms. The molecule has 2 heterocycles. The molecule has 9 atom stereocenters. The van der Waals surface area contributed by atoms with E-state index in [1.807, 2.05) is 4.90 Å². The van der Waals surface area contributed by atoms with E-state index in [0.717, 1.165) is 49.9 Å². The molecule has 40 heavy (non-hydrogen) atoms. The van der Waals surface area contributed by atoms with Gasteiger partial charge in [0, 0.05) is 37.9 Å². The third kappa shape index (κ3) is 4.90. The van der Waals surface area contributed by atoms with Crippen LogP contribution < -0.4 is 5.32 Å². The Morgan fingerprint density at radius 1 is 1.12 bits per heavy atom. The molecule has 0 aromatic carbocycles. The maximum absolute atomic E-state index is 13.2. The van der Waals surface area contributed by atoms with Crippen molar-refractivity contribution in [1.82, 2.24) is 20.2 Å². The van der Waals surface area contributed by atoms with Crippen molar-refractivity contribution in [2.24, 2.45) is 40.4 Å². The van der Waals surface area contributed by atoms with Gasteiger partial charge in [-0.05, 0) is 105 Å². The number of allylic oxidation sites excluding steroid dienone is 1. The highest BCUT2D eigenvalue weighted by Crippen LogP contribution is 2.67. The van der Waals surface area contributed by atoms with E-state index in [2.05, 4.69) is 42.1 Å². The van der Waals surface area contributed by atoms with Gasteiger partial charge in [0.05, 0.1) is 12.3 Å². The van der Waals surface area contributed by atoms with Gasteiger partial charge < -0.3 is 15.3 Å². The first-order valence-corrected chi connectivity index (χ1v) is 15.9. The number of aromatic nitrogens is 2. The van der Waals surface area contributed by atoms with E-state index in [1.54, 1.807) is 11.8 Å². The highest BCUT2D eigenvalue weighted by Gasteiger charge is 2.59. The Morgan fingerprint density at radius 2 is 1.98 bits per heavy atom. The second-order valence-electron chi connectivity index (χ2n) is 14.3. The monoisotopic (exact) mass is 548 g/mol. The molecular weight excluding hydrogens is 500 g/mol. The van der Waals surface area contributed by atoms with Gasteiger partial charge in [-0.25, -0.2) is 4.98 Å². The molecule has 1 aliphatic heterocycles. The molecule has 2 amide bonds. The van der Waals surface area contributed by atoms with Crippen LogP contribution in [0.15, 0.2) is 30.2 Å². The molecule has 1 aromatic heterocycles. The molecule has 1 saturated heterocycles. The minimum Gasteiger partial charge on any atom is -0.393 e. The Labute approximate surface area is 239 Å². The van der Waals surface area contributed by atoms with E-state index in [4.69, 9.17) is 0 Å². The van der Waals surface area contributed by atoms with Crippen LogP contribution >= 0.6 is 0 Å². The summed E-state index contributed by atoms with van der Waals surface area (Å²) in [6.07, 6.45) is 18.7. The first kappa shape index (κ1) is 27.9. The summed E-state index contributed by atoms with van der Waals surface area (Å²) in [5, 5.41) is 13.3. The largest absolute Gasteiger partial charge is 0.393 e. The van der Waals surface area contributed by atoms with Gasteiger partial charge in [-0.3, -0.25) is 14.6 Å². The summed E-state index contributed by atoms with van der Waals surface area (Å²) in [6, 6.07) is -0.0279. The van der Waals surface area contributed by atoms with Crippen molar-refractivity contribution in [2.75, 3.05) is 13.1 Å². The number of carbonyl (C=O) groups excluding carboxylic acids is 2. The third-order valence-corrected chi connectivity index (χ3v) is 12.3. The van der Waals surface area contributed by atoms with Gasteiger partial charge in [-0.1, -0.05) is 32.4 Å². The summed E-state index contributed by atoms with van der Waals surface area (Å²) in [5.74, 6) is 3.57. The van der Waals surface area contributed by atoms with E-state index in [0.29, 0.717) is 47.9 Å². The maximum atomic E-state index is 13.2. The molecule has 3 saturated carbocycles. The zero-order chi connectivity index (χ0) is 28.1. The van der Waals surface area contributed by atoms with Crippen molar-refractivity contribution in [3.8, 4) is 0 Å². The van der Waals surface area contributed by atoms with Crippen molar-refractivity contribution < 1.29 is 14.7 Å². The molecule has 4 aliphatic carbocycles. The molecule has 1 aromatic rings. The van der Waals surface area contributed by atoms with E-state index in [-0.39, 0.29) is 24.0 Å². The summed E-state index contributed by atoms with van der Waals surface area (Å²) in [4.78, 5) is 35.6. The molecule has 7 nitrogen and oxygen atoms in total. The van der Waals surface area contributed by atoms with Gasteiger partial charge in [0.25, 0.3) is 5.91 Å². The maximum Gasteiger partial charge on any atom is 0.271 e. The fourth-order valence-electron chi connectivity index (χ4n) is 10.1. The predicted octanol–water partition coefficient (Wildman–Crippen LogP) is 5.16. The summed E-state index contributed by atoms with van der Waals surface area (Å²) in [5.41, 5.74) is 2.54. The van der Waals surface area contributed by atoms with E-state index in [1.165, 1.54) is 44.5 Å². The summed E-state index contributed by atoms with van der Waals surface area (Å²) < 4.78 is 0. The summed E-state index contributed by atoms with van der Waals surface area (Å²) >= 11 is 0. The van der Waals surface area contributed by atoms with Crippen LogP contribution in [0.2, 0.25) is 0 Å². The average molecular weight is 549 g/mol. The number of aliphatic hydroxyl groups excluding tert-OH is 1. The summed E-state index contributed by atoms with van der Waals surface area (Å²) in [6.45, 7) is 8.78. The van der Waals surface area contributed by atoms with Crippen molar-refractivity contribution in [2.45, 2.75) is 104 Å². The Bertz CT molecular complexity index is 1140. The molecule has 0 spiro atoms. The molecule has 2 N–H and O–H groups in total. The zero-order valence-corrected chi connectivity index (χ0v) is 24.6. The van der Waals surface area contributed by atoms with Gasteiger partial charge in [0.2, 0.25) is 5.91 Å². The quantitative estimate of drug-likeness (QED) is 0.479. The van der Waals surface area contributed by atoms with E-state index < -0.39 is 0 Å². The lowest BCUT2D eigenvalue weighted by atomic mass is 9.47. The first-order chi connectivity index (χ1) is 19.2. The first-order valence-electron chi connectivity index (χ1n) is 15.9. The van der Waals surface area contributed by atoms with Gasteiger partial charge >= 0.3 is 0 Å². The Balaban J connectivity index is 1.02. The molecule has 5 aliphatic rings. The van der Waals surface area contributed by atoms with Gasteiger partial charge in [-0.15, -0.1) is 0 Å². The van der Waals surface area contributed by atoms with E-state index in [9.17, 15) is 14.7 Å². The van der Waals surface area contributed by atoms with Crippen LogP contribution in [0, 0.1) is 40.4 Å². The smallest absolute Gasteiger partial charge is 0.271 e. The molecule has 218 valence electrons. The molecule has 0 radical (unpaired) electrons. The number of nitrogens with zero attached hydrogens (tertiary/aromatic N) is 3. The number of hydrogen-bond donors (Lipinski definition) is 2. The Kier molecular flexibility index (Phi) is 7.56. The van der Waals surface area contributed by atoms with Crippen LogP contribution in [0.1, 0.15) is 102 Å². The topological polar surface area (TPSA) is 95.4 Å². The molecule has 6 rings (SSSR count). The molecule has 4 fully saturated rings. The molecular formula is C33H48N4O3. The second kappa shape index (κ2) is 10.8. The number of fused-ring (bicyclic) bond motifs is 5. The van der Waals surface area contributed by atoms with Crippen molar-refractivity contribution in [3.63, 3.8) is 0 Å². The number of carbonyl (C=O) groups is 2. The number of nitrogens with one attached hydrogen (secondary N) is 1. The van der Waals surface area contributed by atoms with Crippen molar-refractivity contribution >= 4 is 11.8 Å². The zero-order valence-electron chi connectivity index (χ0n) is 24.6. The number of amides is 2. The highest BCUT2D eigenvalue weighted by molar-refractivity contribution is 5.92. The molecule has 7 heteroatoms. The lowest BCUT2D eigenvalue weighted by Crippen LogP contribution is -2.50. The lowest BCUT2D eigenvalue weighted by molar-refractivity contribution is -0.130. The number of rotatable bonds is 6. The Morgan fingerprint density at radius 3 is 2.77 bits per heavy atom. The number of aliphatic hydroxyl groups is 1. The SMILES string of the molecule is CC(CCC(=O)N1CCC(NC(=O)c2cnccn2)C1)[C@H]1CC[C@H]2[C@@H]3CC=C4C[C@@H](O)CC[C@]4(C)[C@H]3CC[C@]12C. The van der Waals surface area contributed by atoms with Crippen molar-refractivity contribution in [3.05, 3.63) is 35.9 Å². The van der Waals surface area contributed by atoms with Crippen molar-refractivity contribution in [1.29, 1.82) is 0 Å². The van der Waals surface area contributed by atoms with Crippen LogP contribution in [-0.4, -0.2) is 57.0 Å². The fourth-order valence-corrected chi connectivity index (χ4v) is 10.1. The van der Waals surface area contributed by atoms with Crippen LogP contribution in [0.4, 0.5) is 0 Å². The minimum atomic E-state index is -0.223. The van der Waals surface area contributed by atoms with Crippen LogP contribution in [0.5, 0.6) is 0 Å². The van der Waals surface area contributed by atoms with Gasteiger partial charge in [0.15, 0.2) is 0 Å². The lowest BCUT2D eigenvalue weighted by Gasteiger charge is -2.58. The average Bonchev–Trinajstić information content (AvgIpc) is 3.56. The van der Waals surface area contributed by atoms with Crippen LogP contribution in [-0.2, 0) is 4.79 Å². The van der Waals surface area contributed by atoms with Gasteiger partial charge in [-0.2, -0.15) is 0 Å². The predicted molar refractivity (Wildman–Crippen MR) is 154 cm³/mol. The van der Waals surface area contributed by atoms with Gasteiger partial charge in [0.1, 0.15) is 5.69 Å². The third-order valence-electron chi connectivity index (χ3n) is 12.3. The molecule has 2 unspecified atom stereocenters. The van der Waals surface area contributed by atoms with Crippen LogP contribution in [0.3, 0.4) is 0 Å². The Hall–Kier alpha value is -2.28. The summed E-state index contributed by atoms with van der Waals surface area (Å²) in [7, 11) is 0. The standard InChI is InChI=1S/C33H48N4O3/c1-21(4-9-30(39)37-17-12-23(20-37)36-31(40)29-19-34-15-16-35-29)26-7-8-27-25-6-5-22-18-24(38)10-13-32(22,2)28(25)11-14-33(26,27)3/h5,15-16,19,21,23-28,38H,4,6-14,17-18,20H2,1-3H3,(H,36,40)/t21?,23?,24-,25-,26+,27-,28-,32-,33+/m0/s1. The highest BCUT2D eigenvalue weighted by atomic mass is 16.3. The number of likely N-dealkylation sites (tertiary alicyclic amines) is 1. The second-order valence-corrected chi connectivity index (χ2v) is 14.3. The normalized spacial score (nSPS) is 39.5. The minimum absolute atomic E-state index is 0.0279. The fraction of sp³-hybridized carbons (Fsp3) is 0.758. The van der Waals surface area contributed by atoms with E-state index >= 15 is 0 Å². The number of hydrogen-bond acceptors (Lipinski definition) is 5. The van der Waals surface area contributed by atoms with Crippen LogP contribution in [0.25, 0.3) is 0 Å².